The van der Waals surface area contributed by atoms with Crippen molar-refractivity contribution < 1.29 is 0 Å². The molecule has 1 aliphatic carbocycles. The third-order valence-corrected chi connectivity index (χ3v) is 7.41. The molecule has 0 heterocycles. The Labute approximate surface area is 211 Å². The predicted octanol–water partition coefficient (Wildman–Crippen LogP) is 10.1. The molecule has 0 saturated carbocycles. The van der Waals surface area contributed by atoms with Crippen molar-refractivity contribution in [3.63, 3.8) is 0 Å². The van der Waals surface area contributed by atoms with Crippen molar-refractivity contribution in [2.45, 2.75) is 0 Å². The van der Waals surface area contributed by atoms with Crippen molar-refractivity contribution in [2.24, 2.45) is 0 Å². The van der Waals surface area contributed by atoms with Crippen LogP contribution in [-0.2, 0) is 0 Å². The third kappa shape index (κ3) is 3.08. The van der Waals surface area contributed by atoms with Gasteiger partial charge < -0.3 is 0 Å². The quantitative estimate of drug-likeness (QED) is 0.247. The van der Waals surface area contributed by atoms with Gasteiger partial charge in [-0.2, -0.15) is 0 Å². The molecule has 0 aliphatic heterocycles. The van der Waals surface area contributed by atoms with Crippen molar-refractivity contribution in [1.29, 1.82) is 0 Å². The highest BCUT2D eigenvalue weighted by atomic mass is 14.3. The van der Waals surface area contributed by atoms with Crippen LogP contribution in [0.5, 0.6) is 0 Å². The summed E-state index contributed by atoms with van der Waals surface area (Å²) in [6.45, 7) is 3.90. The summed E-state index contributed by atoms with van der Waals surface area (Å²) in [5, 5.41) is 2.64. The summed E-state index contributed by atoms with van der Waals surface area (Å²) in [6, 6.07) is 46.2. The van der Waals surface area contributed by atoms with Gasteiger partial charge in [0.15, 0.2) is 0 Å². The van der Waals surface area contributed by atoms with E-state index in [0.717, 1.165) is 5.56 Å². The van der Waals surface area contributed by atoms with Crippen LogP contribution in [0, 0.1) is 0 Å². The Balaban J connectivity index is 1.56. The maximum absolute atomic E-state index is 3.90. The number of rotatable bonds is 4. The van der Waals surface area contributed by atoms with Gasteiger partial charge in [-0.15, -0.1) is 0 Å². The van der Waals surface area contributed by atoms with Gasteiger partial charge in [-0.05, 0) is 72.0 Å². The first-order valence-electron chi connectivity index (χ1n) is 12.4. The molecular formula is C36H24. The van der Waals surface area contributed by atoms with Gasteiger partial charge in [-0.3, -0.25) is 0 Å². The van der Waals surface area contributed by atoms with E-state index in [1.165, 1.54) is 66.4 Å². The molecule has 0 amide bonds. The largest absolute Gasteiger partial charge is 0.0985 e. The normalized spacial score (nSPS) is 11.4. The van der Waals surface area contributed by atoms with Crippen LogP contribution in [0.25, 0.3) is 72.5 Å². The molecule has 168 valence electrons. The maximum Gasteiger partial charge on any atom is -0.00139 e. The smallest absolute Gasteiger partial charge is 0.00139 e. The van der Waals surface area contributed by atoms with Crippen LogP contribution in [0.3, 0.4) is 0 Å². The Bertz CT molecular complexity index is 1680. The zero-order valence-corrected chi connectivity index (χ0v) is 19.9. The molecule has 0 spiro atoms. The standard InChI is InChI=1S/C36H24/c1-2-24-16-18-27(19-17-24)28-20-23-33-34-31(28)14-9-15-32(34)35-29(25-10-5-3-6-11-25)21-22-30(36(33)35)26-12-7-4-8-13-26/h2-23H,1H2. The molecule has 1 aliphatic rings. The Morgan fingerprint density at radius 2 is 0.889 bits per heavy atom. The van der Waals surface area contributed by atoms with Crippen molar-refractivity contribution >= 4 is 16.8 Å². The van der Waals surface area contributed by atoms with E-state index >= 15 is 0 Å². The Kier molecular flexibility index (Phi) is 4.72. The van der Waals surface area contributed by atoms with E-state index in [1.807, 2.05) is 6.08 Å². The summed E-state index contributed by atoms with van der Waals surface area (Å²) in [7, 11) is 0. The zero-order chi connectivity index (χ0) is 24.1. The van der Waals surface area contributed by atoms with E-state index in [-0.39, 0.29) is 0 Å². The number of hydrogen-bond acceptors (Lipinski definition) is 0. The second-order valence-electron chi connectivity index (χ2n) is 9.36. The van der Waals surface area contributed by atoms with Crippen LogP contribution in [0.2, 0.25) is 0 Å². The van der Waals surface area contributed by atoms with Crippen LogP contribution < -0.4 is 0 Å². The molecule has 0 atom stereocenters. The first-order chi connectivity index (χ1) is 17.8. The monoisotopic (exact) mass is 456 g/mol. The van der Waals surface area contributed by atoms with E-state index in [0.29, 0.717) is 0 Å². The lowest BCUT2D eigenvalue weighted by molar-refractivity contribution is 1.59. The SMILES string of the molecule is C=Cc1ccc(-c2ccc3c4c(cccc24)-c2c(-c4ccccc4)ccc(-c4ccccc4)c2-3)cc1. The van der Waals surface area contributed by atoms with E-state index in [9.17, 15) is 0 Å². The fourth-order valence-electron chi connectivity index (χ4n) is 5.75. The molecular weight excluding hydrogens is 432 g/mol. The summed E-state index contributed by atoms with van der Waals surface area (Å²) >= 11 is 0. The van der Waals surface area contributed by atoms with Gasteiger partial charge >= 0.3 is 0 Å². The maximum atomic E-state index is 3.90. The van der Waals surface area contributed by atoms with E-state index in [1.54, 1.807) is 0 Å². The molecule has 36 heavy (non-hydrogen) atoms. The van der Waals surface area contributed by atoms with Crippen molar-refractivity contribution in [3.8, 4) is 55.6 Å². The minimum absolute atomic E-state index is 1.14. The summed E-state index contributed by atoms with van der Waals surface area (Å²) in [4.78, 5) is 0. The van der Waals surface area contributed by atoms with Crippen LogP contribution in [-0.4, -0.2) is 0 Å². The Hall–Kier alpha value is -4.68. The van der Waals surface area contributed by atoms with Gasteiger partial charge in [-0.25, -0.2) is 0 Å². The van der Waals surface area contributed by atoms with E-state index < -0.39 is 0 Å². The van der Waals surface area contributed by atoms with E-state index in [2.05, 4.69) is 134 Å². The van der Waals surface area contributed by atoms with Gasteiger partial charge in [0.05, 0.1) is 0 Å². The molecule has 0 saturated heterocycles. The molecule has 0 heteroatoms. The van der Waals surface area contributed by atoms with E-state index in [4.69, 9.17) is 0 Å². The molecule has 0 N–H and O–H groups in total. The van der Waals surface area contributed by atoms with Crippen molar-refractivity contribution in [3.05, 3.63) is 140 Å². The minimum atomic E-state index is 1.14. The van der Waals surface area contributed by atoms with Gasteiger partial charge in [-0.1, -0.05) is 140 Å². The summed E-state index contributed by atoms with van der Waals surface area (Å²) in [5.41, 5.74) is 14.0. The van der Waals surface area contributed by atoms with Crippen LogP contribution in [0.15, 0.2) is 134 Å². The van der Waals surface area contributed by atoms with Crippen LogP contribution in [0.1, 0.15) is 5.56 Å². The zero-order valence-electron chi connectivity index (χ0n) is 19.9. The fraction of sp³-hybridized carbons (Fsp3) is 0. The summed E-state index contributed by atoms with van der Waals surface area (Å²) in [5.74, 6) is 0. The minimum Gasteiger partial charge on any atom is -0.0985 e. The average Bonchev–Trinajstić information content (AvgIpc) is 3.30. The molecule has 0 radical (unpaired) electrons. The highest BCUT2D eigenvalue weighted by Crippen LogP contribution is 2.55. The molecule has 0 nitrogen and oxygen atoms in total. The van der Waals surface area contributed by atoms with Crippen molar-refractivity contribution in [2.75, 3.05) is 0 Å². The highest BCUT2D eigenvalue weighted by Gasteiger charge is 2.28. The molecule has 0 unspecified atom stereocenters. The number of benzene rings is 6. The third-order valence-electron chi connectivity index (χ3n) is 7.41. The lowest BCUT2D eigenvalue weighted by atomic mass is 9.88. The number of hydrogen-bond donors (Lipinski definition) is 0. The summed E-state index contributed by atoms with van der Waals surface area (Å²) in [6.07, 6.45) is 1.89. The fourth-order valence-corrected chi connectivity index (χ4v) is 5.75. The molecule has 7 rings (SSSR count). The Morgan fingerprint density at radius 3 is 1.47 bits per heavy atom. The Morgan fingerprint density at radius 1 is 0.389 bits per heavy atom. The summed E-state index contributed by atoms with van der Waals surface area (Å²) < 4.78 is 0. The van der Waals surface area contributed by atoms with Gasteiger partial charge in [0.2, 0.25) is 0 Å². The second kappa shape index (κ2) is 8.22. The van der Waals surface area contributed by atoms with Gasteiger partial charge in [0.25, 0.3) is 0 Å². The first kappa shape index (κ1) is 20.7. The lowest BCUT2D eigenvalue weighted by Gasteiger charge is -2.15. The van der Waals surface area contributed by atoms with Gasteiger partial charge in [0.1, 0.15) is 0 Å². The predicted molar refractivity (Wildman–Crippen MR) is 155 cm³/mol. The lowest BCUT2D eigenvalue weighted by Crippen LogP contribution is -1.89. The first-order valence-corrected chi connectivity index (χ1v) is 12.4. The molecule has 0 fully saturated rings. The molecule has 6 aromatic carbocycles. The van der Waals surface area contributed by atoms with Crippen LogP contribution >= 0.6 is 0 Å². The van der Waals surface area contributed by atoms with Gasteiger partial charge in [0, 0.05) is 0 Å². The highest BCUT2D eigenvalue weighted by molar-refractivity contribution is 6.23. The van der Waals surface area contributed by atoms with Crippen LogP contribution in [0.4, 0.5) is 0 Å². The van der Waals surface area contributed by atoms with Crippen molar-refractivity contribution in [1.82, 2.24) is 0 Å². The molecule has 0 bridgehead atoms. The number of fused-ring (bicyclic) bond motifs is 3. The molecule has 6 aromatic rings. The topological polar surface area (TPSA) is 0 Å². The second-order valence-corrected chi connectivity index (χ2v) is 9.36. The average molecular weight is 457 g/mol. The molecule has 0 aromatic heterocycles.